The van der Waals surface area contributed by atoms with E-state index in [1.807, 2.05) is 48.5 Å². The molecule has 1 saturated heterocycles. The summed E-state index contributed by atoms with van der Waals surface area (Å²) in [5.74, 6) is 2.18. The Morgan fingerprint density at radius 3 is 2.44 bits per heavy atom. The van der Waals surface area contributed by atoms with Crippen LogP contribution in [-0.2, 0) is 0 Å². The number of rotatable bonds is 6. The molecule has 0 unspecified atom stereocenters. The van der Waals surface area contributed by atoms with E-state index in [0.717, 1.165) is 42.5 Å². The van der Waals surface area contributed by atoms with Gasteiger partial charge in [-0.1, -0.05) is 23.7 Å². The molecule has 0 spiro atoms. The van der Waals surface area contributed by atoms with Crippen molar-refractivity contribution in [2.24, 2.45) is 0 Å². The minimum Gasteiger partial charge on any atom is -0.493 e. The molecule has 3 aromatic rings. The van der Waals surface area contributed by atoms with E-state index in [1.165, 1.54) is 0 Å². The molecule has 0 atom stereocenters. The fraction of sp³-hybridized carbons (Fsp3) is 0.250. The maximum absolute atomic E-state index is 9.56. The molecule has 8 heteroatoms. The maximum Gasteiger partial charge on any atom is 0.235 e. The molecular weight excluding hydrogens is 428 g/mol. The van der Waals surface area contributed by atoms with Crippen molar-refractivity contribution in [1.82, 2.24) is 4.98 Å². The molecule has 2 aromatic carbocycles. The Morgan fingerprint density at radius 2 is 1.75 bits per heavy atom. The van der Waals surface area contributed by atoms with Crippen LogP contribution >= 0.6 is 11.6 Å². The number of benzene rings is 2. The first-order valence-corrected chi connectivity index (χ1v) is 10.6. The van der Waals surface area contributed by atoms with Gasteiger partial charge in [-0.25, -0.2) is 0 Å². The third kappa shape index (κ3) is 4.66. The van der Waals surface area contributed by atoms with E-state index in [1.54, 1.807) is 20.3 Å². The number of halogens is 1. The fourth-order valence-electron chi connectivity index (χ4n) is 3.65. The van der Waals surface area contributed by atoms with Crippen LogP contribution in [0.3, 0.4) is 0 Å². The highest BCUT2D eigenvalue weighted by Gasteiger charge is 2.24. The number of hydrogen-bond acceptors (Lipinski definition) is 7. The summed E-state index contributed by atoms with van der Waals surface area (Å²) in [5.41, 5.74) is 2.28. The molecule has 1 fully saturated rings. The van der Waals surface area contributed by atoms with E-state index < -0.39 is 0 Å². The van der Waals surface area contributed by atoms with Crippen LogP contribution in [0.25, 0.3) is 12.2 Å². The minimum atomic E-state index is 0.285. The zero-order valence-corrected chi connectivity index (χ0v) is 18.7. The van der Waals surface area contributed by atoms with Crippen LogP contribution < -0.4 is 19.3 Å². The lowest BCUT2D eigenvalue weighted by atomic mass is 10.2. The van der Waals surface area contributed by atoms with Crippen LogP contribution in [0.5, 0.6) is 11.5 Å². The van der Waals surface area contributed by atoms with Gasteiger partial charge in [0.05, 0.1) is 14.2 Å². The third-order valence-electron chi connectivity index (χ3n) is 5.30. The molecule has 1 aliphatic rings. The molecule has 1 aromatic heterocycles. The van der Waals surface area contributed by atoms with E-state index in [4.69, 9.17) is 25.5 Å². The van der Waals surface area contributed by atoms with E-state index in [9.17, 15) is 5.26 Å². The van der Waals surface area contributed by atoms with E-state index in [-0.39, 0.29) is 5.69 Å². The van der Waals surface area contributed by atoms with E-state index in [2.05, 4.69) is 20.9 Å². The van der Waals surface area contributed by atoms with Crippen molar-refractivity contribution in [2.75, 3.05) is 50.2 Å². The van der Waals surface area contributed by atoms with Crippen molar-refractivity contribution >= 4 is 35.3 Å². The predicted molar refractivity (Wildman–Crippen MR) is 126 cm³/mol. The Bertz CT molecular complexity index is 1160. The lowest BCUT2D eigenvalue weighted by Crippen LogP contribution is -2.46. The summed E-state index contributed by atoms with van der Waals surface area (Å²) in [7, 11) is 3.19. The van der Waals surface area contributed by atoms with E-state index in [0.29, 0.717) is 23.3 Å². The number of methoxy groups -OCH3 is 2. The molecule has 32 heavy (non-hydrogen) atoms. The van der Waals surface area contributed by atoms with Gasteiger partial charge in [-0.15, -0.1) is 0 Å². The minimum absolute atomic E-state index is 0.285. The average molecular weight is 451 g/mol. The Balaban J connectivity index is 1.47. The van der Waals surface area contributed by atoms with E-state index >= 15 is 0 Å². The summed E-state index contributed by atoms with van der Waals surface area (Å²) in [6.07, 6.45) is 3.60. The first-order chi connectivity index (χ1) is 15.6. The summed E-state index contributed by atoms with van der Waals surface area (Å²) in [6.45, 7) is 3.02. The van der Waals surface area contributed by atoms with Gasteiger partial charge in [0, 0.05) is 43.0 Å². The largest absolute Gasteiger partial charge is 0.493 e. The van der Waals surface area contributed by atoms with Gasteiger partial charge < -0.3 is 23.7 Å². The van der Waals surface area contributed by atoms with Crippen LogP contribution in [0.4, 0.5) is 11.6 Å². The molecule has 0 bridgehead atoms. The Hall–Kier alpha value is -3.63. The van der Waals surface area contributed by atoms with Gasteiger partial charge in [0.15, 0.2) is 11.5 Å². The zero-order valence-electron chi connectivity index (χ0n) is 17.9. The molecule has 0 saturated carbocycles. The second kappa shape index (κ2) is 9.67. The molecule has 164 valence electrons. The second-order valence-electron chi connectivity index (χ2n) is 7.22. The van der Waals surface area contributed by atoms with Crippen LogP contribution in [0, 0.1) is 11.3 Å². The molecule has 2 heterocycles. The Morgan fingerprint density at radius 1 is 1.00 bits per heavy atom. The summed E-state index contributed by atoms with van der Waals surface area (Å²) in [4.78, 5) is 8.66. The molecular formula is C24H23ClN4O3. The number of ether oxygens (including phenoxy) is 2. The topological polar surface area (TPSA) is 74.8 Å². The first-order valence-electron chi connectivity index (χ1n) is 10.2. The summed E-state index contributed by atoms with van der Waals surface area (Å²) in [5, 5.41) is 10.3. The van der Waals surface area contributed by atoms with Gasteiger partial charge in [0.25, 0.3) is 0 Å². The number of nitrogens with zero attached hydrogens (tertiary/aromatic N) is 4. The standard InChI is InChI=1S/C24H23ClN4O3/c1-30-21-8-6-17(14-22(21)31-2)7-9-23-27-20(16-26)24(32-23)29-12-10-28(11-13-29)19-5-3-4-18(25)15-19/h3-9,14-15H,10-13H2,1-2H3. The first kappa shape index (κ1) is 21.6. The summed E-state index contributed by atoms with van der Waals surface area (Å²) >= 11 is 6.12. The van der Waals surface area contributed by atoms with Crippen molar-refractivity contribution in [1.29, 1.82) is 5.26 Å². The van der Waals surface area contributed by atoms with Gasteiger partial charge in [0.1, 0.15) is 6.07 Å². The number of oxazole rings is 1. The Kier molecular flexibility index (Phi) is 6.52. The van der Waals surface area contributed by atoms with Crippen molar-refractivity contribution in [3.05, 3.63) is 64.6 Å². The monoisotopic (exact) mass is 450 g/mol. The molecule has 0 amide bonds. The van der Waals surface area contributed by atoms with Gasteiger partial charge in [-0.05, 0) is 42.0 Å². The molecule has 0 aliphatic carbocycles. The number of anilines is 2. The van der Waals surface area contributed by atoms with Gasteiger partial charge in [0.2, 0.25) is 17.5 Å². The van der Waals surface area contributed by atoms with Crippen LogP contribution in [0.2, 0.25) is 5.02 Å². The average Bonchev–Trinajstić information content (AvgIpc) is 3.26. The SMILES string of the molecule is COc1ccc(C=Cc2nc(C#N)c(N3CCN(c4cccc(Cl)c4)CC3)o2)cc1OC. The smallest absolute Gasteiger partial charge is 0.235 e. The molecule has 0 N–H and O–H groups in total. The molecule has 7 nitrogen and oxygen atoms in total. The number of nitriles is 1. The molecule has 1 aliphatic heterocycles. The summed E-state index contributed by atoms with van der Waals surface area (Å²) < 4.78 is 16.5. The van der Waals surface area contributed by atoms with Gasteiger partial charge in [-0.3, -0.25) is 0 Å². The summed E-state index contributed by atoms with van der Waals surface area (Å²) in [6, 6.07) is 15.6. The molecule has 4 rings (SSSR count). The number of piperazine rings is 1. The number of hydrogen-bond donors (Lipinski definition) is 0. The zero-order chi connectivity index (χ0) is 22.5. The highest BCUT2D eigenvalue weighted by atomic mass is 35.5. The van der Waals surface area contributed by atoms with Crippen molar-refractivity contribution in [2.45, 2.75) is 0 Å². The van der Waals surface area contributed by atoms with Crippen molar-refractivity contribution in [3.63, 3.8) is 0 Å². The lowest BCUT2D eigenvalue weighted by Gasteiger charge is -2.35. The van der Waals surface area contributed by atoms with Crippen LogP contribution in [0.1, 0.15) is 17.1 Å². The highest BCUT2D eigenvalue weighted by Crippen LogP contribution is 2.29. The van der Waals surface area contributed by atoms with Gasteiger partial charge in [-0.2, -0.15) is 10.2 Å². The van der Waals surface area contributed by atoms with Crippen molar-refractivity contribution < 1.29 is 13.9 Å². The van der Waals surface area contributed by atoms with Crippen molar-refractivity contribution in [3.8, 4) is 17.6 Å². The normalized spacial score (nSPS) is 13.9. The lowest BCUT2D eigenvalue weighted by molar-refractivity contribution is 0.355. The quantitative estimate of drug-likeness (QED) is 0.538. The fourth-order valence-corrected chi connectivity index (χ4v) is 3.84. The van der Waals surface area contributed by atoms with Gasteiger partial charge >= 0.3 is 0 Å². The predicted octanol–water partition coefficient (Wildman–Crippen LogP) is 4.71. The number of aromatic nitrogens is 1. The van der Waals surface area contributed by atoms with Crippen LogP contribution in [-0.4, -0.2) is 45.4 Å². The molecule has 0 radical (unpaired) electrons. The second-order valence-corrected chi connectivity index (χ2v) is 7.66. The van der Waals surface area contributed by atoms with Crippen LogP contribution in [0.15, 0.2) is 46.9 Å². The highest BCUT2D eigenvalue weighted by molar-refractivity contribution is 6.30. The third-order valence-corrected chi connectivity index (χ3v) is 5.53. The maximum atomic E-state index is 9.56. The Labute approximate surface area is 192 Å².